The number of nitrogens with one attached hydrogen (secondary N) is 2. The van der Waals surface area contributed by atoms with E-state index in [0.717, 1.165) is 61.8 Å². The largest absolute Gasteiger partial charge is 0.371 e. The van der Waals surface area contributed by atoms with E-state index in [-0.39, 0.29) is 11.5 Å². The first kappa shape index (κ1) is 26.6. The second-order valence-electron chi connectivity index (χ2n) is 12.0. The Morgan fingerprint density at radius 1 is 0.974 bits per heavy atom. The molecule has 204 valence electrons. The number of aromatic nitrogens is 4. The number of piperidine rings is 1. The zero-order chi connectivity index (χ0) is 26.6. The number of imidazole rings is 2. The lowest BCUT2D eigenvalue weighted by molar-refractivity contribution is -0.128. The van der Waals surface area contributed by atoms with Crippen LogP contribution in [0.3, 0.4) is 0 Å². The molecule has 0 aliphatic carbocycles. The van der Waals surface area contributed by atoms with Gasteiger partial charge in [-0.2, -0.15) is 0 Å². The number of nitrogens with zero attached hydrogens (tertiary/aromatic N) is 5. The minimum Gasteiger partial charge on any atom is -0.371 e. The number of likely N-dealkylation sites (tertiary alicyclic amines) is 1. The molecule has 2 aliphatic rings. The van der Waals surface area contributed by atoms with Gasteiger partial charge in [0, 0.05) is 63.1 Å². The van der Waals surface area contributed by atoms with Gasteiger partial charge in [-0.15, -0.1) is 0 Å². The highest BCUT2D eigenvalue weighted by atomic mass is 16.5. The Hall–Kier alpha value is -3.01. The predicted molar refractivity (Wildman–Crippen MR) is 146 cm³/mol. The Bertz CT molecular complexity index is 1110. The maximum atomic E-state index is 13.5. The normalized spacial score (nSPS) is 18.4. The standard InChI is InChI=1S/C29H41N7O2/c1-28(2,3)21-34-14-8-29(9-15-34)22-36(16-17-38-29)27(37)24-6-4-23(5-7-24)18-35(19-25-30-10-11-31-25)20-26-32-12-13-33-26/h4-7,10-13H,8-9,14-22H2,1-3H3,(H,30,31)(H,32,33). The van der Waals surface area contributed by atoms with Crippen LogP contribution in [0.15, 0.2) is 49.1 Å². The summed E-state index contributed by atoms with van der Waals surface area (Å²) in [6, 6.07) is 8.05. The van der Waals surface area contributed by atoms with Gasteiger partial charge in [0.05, 0.1) is 31.8 Å². The van der Waals surface area contributed by atoms with Crippen molar-refractivity contribution in [2.45, 2.75) is 58.8 Å². The summed E-state index contributed by atoms with van der Waals surface area (Å²) in [6.07, 6.45) is 9.18. The first-order chi connectivity index (χ1) is 18.3. The summed E-state index contributed by atoms with van der Waals surface area (Å²) < 4.78 is 6.31. The Morgan fingerprint density at radius 3 is 2.16 bits per heavy atom. The second kappa shape index (κ2) is 11.4. The second-order valence-corrected chi connectivity index (χ2v) is 12.0. The average Bonchev–Trinajstić information content (AvgIpc) is 3.60. The molecular weight excluding hydrogens is 478 g/mol. The van der Waals surface area contributed by atoms with Crippen LogP contribution >= 0.6 is 0 Å². The predicted octanol–water partition coefficient (Wildman–Crippen LogP) is 3.69. The van der Waals surface area contributed by atoms with E-state index in [1.807, 2.05) is 29.4 Å². The van der Waals surface area contributed by atoms with Gasteiger partial charge in [0.1, 0.15) is 11.6 Å². The zero-order valence-electron chi connectivity index (χ0n) is 22.9. The molecule has 9 nitrogen and oxygen atoms in total. The van der Waals surface area contributed by atoms with Crippen molar-refractivity contribution in [2.75, 3.05) is 39.3 Å². The molecular formula is C29H41N7O2. The fourth-order valence-corrected chi connectivity index (χ4v) is 5.66. The van der Waals surface area contributed by atoms with E-state index in [4.69, 9.17) is 4.74 Å². The van der Waals surface area contributed by atoms with Crippen molar-refractivity contribution in [1.82, 2.24) is 34.6 Å². The molecule has 3 aromatic rings. The number of hydrogen-bond donors (Lipinski definition) is 2. The SMILES string of the molecule is CC(C)(C)CN1CCC2(CC1)CN(C(=O)c1ccc(CN(Cc3ncc[nH]3)Cc3ncc[nH]3)cc1)CCO2. The number of ether oxygens (including phenoxy) is 1. The molecule has 2 aliphatic heterocycles. The van der Waals surface area contributed by atoms with E-state index >= 15 is 0 Å². The van der Waals surface area contributed by atoms with Gasteiger partial charge < -0.3 is 24.5 Å². The van der Waals surface area contributed by atoms with E-state index in [0.29, 0.717) is 38.2 Å². The van der Waals surface area contributed by atoms with Gasteiger partial charge in [-0.25, -0.2) is 9.97 Å². The van der Waals surface area contributed by atoms with E-state index in [2.05, 4.69) is 62.6 Å². The first-order valence-electron chi connectivity index (χ1n) is 13.7. The maximum Gasteiger partial charge on any atom is 0.254 e. The third-order valence-corrected chi connectivity index (χ3v) is 7.46. The highest BCUT2D eigenvalue weighted by Gasteiger charge is 2.41. The molecule has 5 rings (SSSR count). The number of aromatic amines is 2. The molecule has 0 unspecified atom stereocenters. The van der Waals surface area contributed by atoms with Crippen molar-refractivity contribution in [3.63, 3.8) is 0 Å². The van der Waals surface area contributed by atoms with Crippen molar-refractivity contribution in [1.29, 1.82) is 0 Å². The lowest BCUT2D eigenvalue weighted by Crippen LogP contribution is -2.58. The summed E-state index contributed by atoms with van der Waals surface area (Å²) in [4.78, 5) is 35.4. The third-order valence-electron chi connectivity index (χ3n) is 7.46. The van der Waals surface area contributed by atoms with Gasteiger partial charge in [-0.3, -0.25) is 9.69 Å². The lowest BCUT2D eigenvalue weighted by atomic mass is 9.87. The highest BCUT2D eigenvalue weighted by molar-refractivity contribution is 5.94. The van der Waals surface area contributed by atoms with Gasteiger partial charge in [0.25, 0.3) is 5.91 Å². The van der Waals surface area contributed by atoms with Crippen LogP contribution in [0.5, 0.6) is 0 Å². The van der Waals surface area contributed by atoms with E-state index < -0.39 is 0 Å². The molecule has 9 heteroatoms. The van der Waals surface area contributed by atoms with Gasteiger partial charge in [-0.05, 0) is 36.0 Å². The van der Waals surface area contributed by atoms with E-state index in [9.17, 15) is 4.79 Å². The topological polar surface area (TPSA) is 93.4 Å². The molecule has 0 radical (unpaired) electrons. The van der Waals surface area contributed by atoms with Crippen LogP contribution in [0.2, 0.25) is 0 Å². The van der Waals surface area contributed by atoms with Crippen LogP contribution < -0.4 is 0 Å². The van der Waals surface area contributed by atoms with Crippen LogP contribution in [0.4, 0.5) is 0 Å². The number of rotatable bonds is 8. The van der Waals surface area contributed by atoms with Crippen LogP contribution in [0, 0.1) is 5.41 Å². The molecule has 1 spiro atoms. The molecule has 2 aromatic heterocycles. The van der Waals surface area contributed by atoms with Crippen molar-refractivity contribution in [2.24, 2.45) is 5.41 Å². The summed E-state index contributed by atoms with van der Waals surface area (Å²) in [5, 5.41) is 0. The number of amides is 1. The quantitative estimate of drug-likeness (QED) is 0.472. The summed E-state index contributed by atoms with van der Waals surface area (Å²) in [6.45, 7) is 14.0. The molecule has 0 atom stereocenters. The summed E-state index contributed by atoms with van der Waals surface area (Å²) >= 11 is 0. The molecule has 2 fully saturated rings. The van der Waals surface area contributed by atoms with Gasteiger partial charge in [0.15, 0.2) is 0 Å². The van der Waals surface area contributed by atoms with Crippen LogP contribution in [-0.4, -0.2) is 85.5 Å². The monoisotopic (exact) mass is 519 g/mol. The highest BCUT2D eigenvalue weighted by Crippen LogP contribution is 2.32. The average molecular weight is 520 g/mol. The number of benzene rings is 1. The van der Waals surface area contributed by atoms with Gasteiger partial charge in [-0.1, -0.05) is 32.9 Å². The van der Waals surface area contributed by atoms with Gasteiger partial charge >= 0.3 is 0 Å². The van der Waals surface area contributed by atoms with Crippen molar-refractivity contribution in [3.8, 4) is 0 Å². The number of carbonyl (C=O) groups excluding carboxylic acids is 1. The van der Waals surface area contributed by atoms with Crippen molar-refractivity contribution in [3.05, 3.63) is 71.8 Å². The summed E-state index contributed by atoms with van der Waals surface area (Å²) in [7, 11) is 0. The Balaban J connectivity index is 1.19. The number of carbonyl (C=O) groups is 1. The fraction of sp³-hybridized carbons (Fsp3) is 0.552. The molecule has 1 aromatic carbocycles. The maximum absolute atomic E-state index is 13.5. The minimum absolute atomic E-state index is 0.0966. The van der Waals surface area contributed by atoms with Crippen LogP contribution in [0.25, 0.3) is 0 Å². The Labute approximate surface area is 225 Å². The van der Waals surface area contributed by atoms with Crippen molar-refractivity contribution < 1.29 is 9.53 Å². The number of hydrogen-bond acceptors (Lipinski definition) is 6. The zero-order valence-corrected chi connectivity index (χ0v) is 22.9. The van der Waals surface area contributed by atoms with Gasteiger partial charge in [0.2, 0.25) is 0 Å². The molecule has 38 heavy (non-hydrogen) atoms. The Kier molecular flexibility index (Phi) is 7.97. The van der Waals surface area contributed by atoms with Crippen molar-refractivity contribution >= 4 is 5.91 Å². The molecule has 4 heterocycles. The molecule has 0 saturated carbocycles. The van der Waals surface area contributed by atoms with E-state index in [1.165, 1.54) is 0 Å². The van der Waals surface area contributed by atoms with Crippen LogP contribution in [-0.2, 0) is 24.4 Å². The third kappa shape index (κ3) is 6.89. The number of H-pyrrole nitrogens is 2. The Morgan fingerprint density at radius 2 is 1.61 bits per heavy atom. The summed E-state index contributed by atoms with van der Waals surface area (Å²) in [5.74, 6) is 1.92. The van der Waals surface area contributed by atoms with E-state index in [1.54, 1.807) is 12.4 Å². The first-order valence-corrected chi connectivity index (χ1v) is 13.7. The van der Waals surface area contributed by atoms with Crippen LogP contribution in [0.1, 0.15) is 61.2 Å². The molecule has 1 amide bonds. The summed E-state index contributed by atoms with van der Waals surface area (Å²) in [5.41, 5.74) is 1.96. The minimum atomic E-state index is -0.208. The number of morpholine rings is 1. The molecule has 2 saturated heterocycles. The smallest absolute Gasteiger partial charge is 0.254 e. The lowest BCUT2D eigenvalue weighted by Gasteiger charge is -2.48. The molecule has 0 bridgehead atoms. The molecule has 2 N–H and O–H groups in total. The fourth-order valence-electron chi connectivity index (χ4n) is 5.66.